The number of hydrogen-bond donors (Lipinski definition) is 0. The Morgan fingerprint density at radius 2 is 1.89 bits per heavy atom. The van der Waals surface area contributed by atoms with E-state index >= 15 is 0 Å². The van der Waals surface area contributed by atoms with Gasteiger partial charge in [-0.1, -0.05) is 31.9 Å². The molecule has 0 aliphatic carbocycles. The molecule has 1 rings (SSSR count). The number of nitrogens with zero attached hydrogens (tertiary/aromatic N) is 1. The fourth-order valence-corrected chi connectivity index (χ4v) is 3.81. The molecule has 6 nitrogen and oxygen atoms in total. The Labute approximate surface area is 127 Å². The maximum atomic E-state index is 11.8. The number of benzene rings is 1. The zero-order valence-electron chi connectivity index (χ0n) is 9.88. The Bertz CT molecular complexity index is 556. The molecule has 0 bridgehead atoms. The number of rotatable bonds is 6. The van der Waals surface area contributed by atoms with E-state index in [4.69, 9.17) is 4.18 Å². The highest BCUT2D eigenvalue weighted by Crippen LogP contribution is 2.25. The minimum atomic E-state index is -3.78. The quantitative estimate of drug-likeness (QED) is 0.308. The normalized spacial score (nSPS) is 14.7. The molecular formula is C10H11Br2NO5S. The number of halogens is 2. The van der Waals surface area contributed by atoms with Crippen molar-refractivity contribution in [3.8, 4) is 5.75 Å². The van der Waals surface area contributed by atoms with Gasteiger partial charge in [-0.3, -0.25) is 10.1 Å². The van der Waals surface area contributed by atoms with Crippen LogP contribution in [0.5, 0.6) is 5.75 Å². The van der Waals surface area contributed by atoms with Crippen LogP contribution in [0, 0.1) is 10.1 Å². The maximum Gasteiger partial charge on any atom is 0.310 e. The maximum absolute atomic E-state index is 11.8. The van der Waals surface area contributed by atoms with Crippen molar-refractivity contribution in [2.45, 2.75) is 11.2 Å². The summed E-state index contributed by atoms with van der Waals surface area (Å²) in [6.45, 7) is 1.71. The molecule has 9 heteroatoms. The topological polar surface area (TPSA) is 86.5 Å². The molecule has 1 aromatic rings. The van der Waals surface area contributed by atoms with Crippen molar-refractivity contribution in [2.75, 3.05) is 11.1 Å². The highest BCUT2D eigenvalue weighted by molar-refractivity contribution is 9.12. The van der Waals surface area contributed by atoms with Crippen LogP contribution in [0.1, 0.15) is 6.92 Å². The second-order valence-corrected chi connectivity index (χ2v) is 8.13. The highest BCUT2D eigenvalue weighted by Gasteiger charge is 2.28. The molecule has 0 aliphatic rings. The van der Waals surface area contributed by atoms with Gasteiger partial charge in [-0.25, -0.2) is 0 Å². The lowest BCUT2D eigenvalue weighted by molar-refractivity contribution is -0.384. The molecule has 106 valence electrons. The first-order chi connectivity index (χ1) is 8.65. The predicted molar refractivity (Wildman–Crippen MR) is 78.6 cm³/mol. The lowest BCUT2D eigenvalue weighted by atomic mass is 10.3. The van der Waals surface area contributed by atoms with E-state index in [0.29, 0.717) is 5.33 Å². The summed E-state index contributed by atoms with van der Waals surface area (Å²) < 4.78 is 27.8. The monoisotopic (exact) mass is 415 g/mol. The summed E-state index contributed by atoms with van der Waals surface area (Å²) in [7, 11) is -3.78. The third-order valence-corrected chi connectivity index (χ3v) is 6.39. The first-order valence-electron chi connectivity index (χ1n) is 5.07. The highest BCUT2D eigenvalue weighted by atomic mass is 79.9. The van der Waals surface area contributed by atoms with Gasteiger partial charge in [0, 0.05) is 21.8 Å². The molecule has 0 amide bonds. The van der Waals surface area contributed by atoms with Crippen LogP contribution in [0.3, 0.4) is 0 Å². The Hall–Kier alpha value is -0.670. The average Bonchev–Trinajstić information content (AvgIpc) is 2.27. The number of non-ortho nitro benzene ring substituents is 1. The molecule has 1 aromatic carbocycles. The Morgan fingerprint density at radius 3 is 2.32 bits per heavy atom. The van der Waals surface area contributed by atoms with E-state index in [-0.39, 0.29) is 17.2 Å². The predicted octanol–water partition coefficient (Wildman–Crippen LogP) is 2.85. The van der Waals surface area contributed by atoms with E-state index in [0.717, 1.165) is 0 Å². The molecule has 0 radical (unpaired) electrons. The van der Waals surface area contributed by atoms with Gasteiger partial charge in [-0.15, -0.1) is 0 Å². The fraction of sp³-hybridized carbons (Fsp3) is 0.400. The van der Waals surface area contributed by atoms with Gasteiger partial charge in [-0.2, -0.15) is 8.42 Å². The number of nitro groups is 1. The summed E-state index contributed by atoms with van der Waals surface area (Å²) in [5.41, 5.74) is -0.129. The summed E-state index contributed by atoms with van der Waals surface area (Å²) >= 11 is 6.46. The lowest BCUT2D eigenvalue weighted by Gasteiger charge is -2.18. The van der Waals surface area contributed by atoms with Gasteiger partial charge in [0.25, 0.3) is 5.69 Å². The fourth-order valence-electron chi connectivity index (χ4n) is 1.21. The summed E-state index contributed by atoms with van der Waals surface area (Å²) in [5, 5.41) is 10.9. The average molecular weight is 417 g/mol. The molecule has 1 atom stereocenters. The van der Waals surface area contributed by atoms with Gasteiger partial charge in [0.15, 0.2) is 0 Å². The number of nitro benzene ring substituents is 1. The molecule has 0 fully saturated rings. The van der Waals surface area contributed by atoms with Crippen LogP contribution in [0.15, 0.2) is 24.3 Å². The molecule has 1 unspecified atom stereocenters. The van der Waals surface area contributed by atoms with Gasteiger partial charge >= 0.3 is 10.1 Å². The van der Waals surface area contributed by atoms with E-state index < -0.39 is 19.4 Å². The summed E-state index contributed by atoms with van der Waals surface area (Å²) in [5.74, 6) is -0.189. The lowest BCUT2D eigenvalue weighted by Crippen LogP contribution is -2.31. The second-order valence-electron chi connectivity index (χ2n) is 4.08. The number of alkyl halides is 2. The Morgan fingerprint density at radius 1 is 1.37 bits per heavy atom. The zero-order chi connectivity index (χ0) is 14.7. The van der Waals surface area contributed by atoms with E-state index in [2.05, 4.69) is 31.9 Å². The third kappa shape index (κ3) is 5.45. The van der Waals surface area contributed by atoms with Crippen molar-refractivity contribution in [1.29, 1.82) is 0 Å². The first kappa shape index (κ1) is 16.4. The molecule has 0 aliphatic heterocycles. The van der Waals surface area contributed by atoms with Crippen molar-refractivity contribution in [3.05, 3.63) is 34.4 Å². The Kier molecular flexibility index (Phi) is 5.34. The standard InChI is InChI=1S/C10H11Br2NO5S/c1-10(12,6-11)7-19(16,17)18-9-4-2-8(3-5-9)13(14)15/h2-5H,6-7H2,1H3. The van der Waals surface area contributed by atoms with Crippen molar-refractivity contribution in [3.63, 3.8) is 0 Å². The minimum Gasteiger partial charge on any atom is -0.382 e. The van der Waals surface area contributed by atoms with E-state index in [1.54, 1.807) is 6.92 Å². The first-order valence-corrected chi connectivity index (χ1v) is 8.56. The number of hydrogen-bond acceptors (Lipinski definition) is 5. The van der Waals surface area contributed by atoms with Crippen LogP contribution >= 0.6 is 31.9 Å². The molecule has 0 saturated carbocycles. The van der Waals surface area contributed by atoms with Crippen LogP contribution in [0.2, 0.25) is 0 Å². The van der Waals surface area contributed by atoms with E-state index in [1.807, 2.05) is 0 Å². The summed E-state index contributed by atoms with van der Waals surface area (Å²) in [6.07, 6.45) is 0. The van der Waals surface area contributed by atoms with E-state index in [1.165, 1.54) is 24.3 Å². The van der Waals surface area contributed by atoms with Gasteiger partial charge in [0.1, 0.15) is 11.5 Å². The Balaban J connectivity index is 2.81. The van der Waals surface area contributed by atoms with Gasteiger partial charge in [-0.05, 0) is 19.1 Å². The van der Waals surface area contributed by atoms with Crippen molar-refractivity contribution in [1.82, 2.24) is 0 Å². The SMILES string of the molecule is CC(Br)(CBr)CS(=O)(=O)Oc1ccc([N+](=O)[O-])cc1. The third-order valence-electron chi connectivity index (χ3n) is 2.03. The van der Waals surface area contributed by atoms with E-state index in [9.17, 15) is 18.5 Å². The van der Waals surface area contributed by atoms with Crippen molar-refractivity contribution in [2.24, 2.45) is 0 Å². The molecule has 0 aromatic heterocycles. The molecule has 0 saturated heterocycles. The van der Waals surface area contributed by atoms with Gasteiger partial charge in [0.05, 0.1) is 4.92 Å². The minimum absolute atomic E-state index is 0.0449. The zero-order valence-corrected chi connectivity index (χ0v) is 13.9. The molecular weight excluding hydrogens is 406 g/mol. The van der Waals surface area contributed by atoms with Crippen LogP contribution in [-0.4, -0.2) is 28.7 Å². The van der Waals surface area contributed by atoms with Crippen LogP contribution in [0.4, 0.5) is 5.69 Å². The van der Waals surface area contributed by atoms with Gasteiger partial charge in [0.2, 0.25) is 0 Å². The molecule has 0 heterocycles. The summed E-state index contributed by atoms with van der Waals surface area (Å²) in [6, 6.07) is 4.86. The summed E-state index contributed by atoms with van der Waals surface area (Å²) in [4.78, 5) is 9.89. The van der Waals surface area contributed by atoms with Crippen molar-refractivity contribution >= 4 is 47.7 Å². The largest absolute Gasteiger partial charge is 0.382 e. The second kappa shape index (κ2) is 6.19. The van der Waals surface area contributed by atoms with Gasteiger partial charge < -0.3 is 4.18 Å². The van der Waals surface area contributed by atoms with Crippen LogP contribution in [0.25, 0.3) is 0 Å². The van der Waals surface area contributed by atoms with Crippen LogP contribution in [-0.2, 0) is 10.1 Å². The van der Waals surface area contributed by atoms with Crippen molar-refractivity contribution < 1.29 is 17.5 Å². The molecule has 0 spiro atoms. The smallest absolute Gasteiger partial charge is 0.310 e. The molecule has 0 N–H and O–H groups in total. The molecule has 19 heavy (non-hydrogen) atoms. The van der Waals surface area contributed by atoms with Crippen LogP contribution < -0.4 is 4.18 Å².